The van der Waals surface area contributed by atoms with Gasteiger partial charge in [-0.3, -0.25) is 9.36 Å². The number of sulfonamides is 1. The molecule has 4 aromatic rings. The molecule has 1 aliphatic carbocycles. The number of halogens is 2. The molecule has 0 aliphatic heterocycles. The Balaban J connectivity index is 1.38. The van der Waals surface area contributed by atoms with E-state index >= 15 is 0 Å². The zero-order chi connectivity index (χ0) is 23.9. The van der Waals surface area contributed by atoms with Crippen molar-refractivity contribution < 1.29 is 17.6 Å². The molecule has 0 unspecified atom stereocenters. The molecule has 0 saturated heterocycles. The number of rotatable bonds is 7. The van der Waals surface area contributed by atoms with Gasteiger partial charge in [0.1, 0.15) is 5.82 Å². The molecule has 3 aromatic carbocycles. The van der Waals surface area contributed by atoms with Gasteiger partial charge in [0.15, 0.2) is 5.16 Å². The van der Waals surface area contributed by atoms with Crippen molar-refractivity contribution in [3.05, 3.63) is 76.8 Å². The molecule has 0 bridgehead atoms. The maximum Gasteiger partial charge on any atom is 0.264 e. The second-order valence-electron chi connectivity index (χ2n) is 7.85. The Hall–Kier alpha value is -2.76. The molecule has 174 valence electrons. The highest BCUT2D eigenvalue weighted by atomic mass is 79.9. The van der Waals surface area contributed by atoms with Crippen LogP contribution in [0.2, 0.25) is 0 Å². The summed E-state index contributed by atoms with van der Waals surface area (Å²) in [6, 6.07) is 16.5. The Morgan fingerprint density at radius 3 is 2.47 bits per heavy atom. The van der Waals surface area contributed by atoms with Crippen molar-refractivity contribution in [2.75, 3.05) is 5.75 Å². The third-order valence-corrected chi connectivity index (χ3v) is 8.32. The van der Waals surface area contributed by atoms with Crippen LogP contribution in [0.5, 0.6) is 0 Å². The number of fused-ring (bicyclic) bond motifs is 1. The largest absolute Gasteiger partial charge is 0.273 e. The van der Waals surface area contributed by atoms with Crippen LogP contribution in [0.1, 0.15) is 24.3 Å². The number of carbonyl (C=O) groups is 1. The van der Waals surface area contributed by atoms with Gasteiger partial charge in [-0.25, -0.2) is 17.5 Å². The summed E-state index contributed by atoms with van der Waals surface area (Å²) in [5, 5.41) is 10.9. The van der Waals surface area contributed by atoms with Crippen LogP contribution in [0.25, 0.3) is 16.5 Å². The molecule has 1 aliphatic rings. The molecule has 1 amide bonds. The number of thioether (sulfide) groups is 1. The molecular weight excluding hydrogens is 543 g/mol. The minimum Gasteiger partial charge on any atom is -0.273 e. The van der Waals surface area contributed by atoms with Crippen molar-refractivity contribution in [2.24, 2.45) is 0 Å². The summed E-state index contributed by atoms with van der Waals surface area (Å²) in [5.74, 6) is -0.912. The lowest BCUT2D eigenvalue weighted by Crippen LogP contribution is -2.32. The minimum atomic E-state index is -4.11. The van der Waals surface area contributed by atoms with Crippen molar-refractivity contribution >= 4 is 54.4 Å². The number of nitrogens with one attached hydrogen (secondary N) is 1. The average Bonchev–Trinajstić information content (AvgIpc) is 3.59. The predicted molar refractivity (Wildman–Crippen MR) is 131 cm³/mol. The van der Waals surface area contributed by atoms with Crippen LogP contribution in [0.4, 0.5) is 4.39 Å². The summed E-state index contributed by atoms with van der Waals surface area (Å²) in [5.41, 5.74) is 2.18. The molecule has 1 saturated carbocycles. The van der Waals surface area contributed by atoms with Gasteiger partial charge in [-0.2, -0.15) is 0 Å². The van der Waals surface area contributed by atoms with Crippen LogP contribution in [0, 0.1) is 5.82 Å². The van der Waals surface area contributed by atoms with Crippen LogP contribution in [0.3, 0.4) is 0 Å². The molecule has 1 aromatic heterocycles. The van der Waals surface area contributed by atoms with Gasteiger partial charge in [0.25, 0.3) is 10.0 Å². The van der Waals surface area contributed by atoms with Crippen LogP contribution in [0.15, 0.2) is 75.4 Å². The molecule has 0 spiro atoms. The molecule has 1 N–H and O–H groups in total. The highest BCUT2D eigenvalue weighted by Crippen LogP contribution is 2.44. The lowest BCUT2D eigenvalue weighted by atomic mass is 9.99. The van der Waals surface area contributed by atoms with Gasteiger partial charge < -0.3 is 0 Å². The smallest absolute Gasteiger partial charge is 0.264 e. The van der Waals surface area contributed by atoms with Crippen LogP contribution >= 0.6 is 27.7 Å². The molecule has 1 fully saturated rings. The number of aromatic nitrogens is 3. The number of hydrogen-bond acceptors (Lipinski definition) is 6. The SMILES string of the molecule is O=C(CSc1nnc(Br)n1-c1ccc(C2CC2)c2ccccc12)NS(=O)(=O)c1ccc(F)cc1. The molecule has 34 heavy (non-hydrogen) atoms. The monoisotopic (exact) mass is 560 g/mol. The standard InChI is InChI=1S/C23H18BrFN4O3S2/c24-22-26-27-23(33-13-21(30)28-34(31,32)16-9-7-15(25)8-10-16)29(22)20-12-11-17(14-5-6-14)18-3-1-2-4-19(18)20/h1-4,7-12,14H,5-6,13H2,(H,28,30). The molecule has 1 heterocycles. The number of carbonyl (C=O) groups excluding carboxylic acids is 1. The third-order valence-electron chi connectivity index (χ3n) is 5.49. The van der Waals surface area contributed by atoms with Gasteiger partial charge in [0.05, 0.1) is 16.3 Å². The minimum absolute atomic E-state index is 0.194. The van der Waals surface area contributed by atoms with E-state index in [1.54, 1.807) is 4.57 Å². The Labute approximate surface area is 208 Å². The van der Waals surface area contributed by atoms with Gasteiger partial charge in [0.2, 0.25) is 10.6 Å². The van der Waals surface area contributed by atoms with Crippen molar-refractivity contribution in [2.45, 2.75) is 28.8 Å². The van der Waals surface area contributed by atoms with Crippen molar-refractivity contribution in [1.29, 1.82) is 0 Å². The van der Waals surface area contributed by atoms with E-state index in [9.17, 15) is 17.6 Å². The quantitative estimate of drug-likeness (QED) is 0.326. The fourth-order valence-corrected chi connectivity index (χ4v) is 6.16. The van der Waals surface area contributed by atoms with Gasteiger partial charge >= 0.3 is 0 Å². The highest BCUT2D eigenvalue weighted by Gasteiger charge is 2.26. The lowest BCUT2D eigenvalue weighted by molar-refractivity contribution is -0.116. The lowest BCUT2D eigenvalue weighted by Gasteiger charge is -2.14. The predicted octanol–water partition coefficient (Wildman–Crippen LogP) is 4.80. The third kappa shape index (κ3) is 4.59. The molecule has 0 atom stereocenters. The molecule has 0 radical (unpaired) electrons. The first kappa shape index (κ1) is 23.0. The summed E-state index contributed by atoms with van der Waals surface area (Å²) in [4.78, 5) is 12.2. The van der Waals surface area contributed by atoms with Gasteiger partial charge in [-0.15, -0.1) is 10.2 Å². The summed E-state index contributed by atoms with van der Waals surface area (Å²) in [6.07, 6.45) is 2.38. The summed E-state index contributed by atoms with van der Waals surface area (Å²) in [7, 11) is -4.11. The average molecular weight is 561 g/mol. The van der Waals surface area contributed by atoms with E-state index in [2.05, 4.69) is 38.3 Å². The van der Waals surface area contributed by atoms with Gasteiger partial charge in [0, 0.05) is 5.39 Å². The topological polar surface area (TPSA) is 93.9 Å². The van der Waals surface area contributed by atoms with Crippen LogP contribution in [-0.2, 0) is 14.8 Å². The maximum atomic E-state index is 13.1. The van der Waals surface area contributed by atoms with E-state index in [1.807, 2.05) is 29.0 Å². The molecule has 11 heteroatoms. The second-order valence-corrected chi connectivity index (χ2v) is 11.2. The van der Waals surface area contributed by atoms with Crippen molar-refractivity contribution in [3.63, 3.8) is 0 Å². The van der Waals surface area contributed by atoms with E-state index in [1.165, 1.54) is 23.8 Å². The van der Waals surface area contributed by atoms with Crippen molar-refractivity contribution in [3.8, 4) is 5.69 Å². The van der Waals surface area contributed by atoms with E-state index in [-0.39, 0.29) is 10.6 Å². The molecular formula is C23H18BrFN4O3S2. The summed E-state index contributed by atoms with van der Waals surface area (Å²) in [6.45, 7) is 0. The van der Waals surface area contributed by atoms with E-state index in [0.29, 0.717) is 15.8 Å². The van der Waals surface area contributed by atoms with Gasteiger partial charge in [-0.1, -0.05) is 42.1 Å². The number of hydrogen-bond donors (Lipinski definition) is 1. The van der Waals surface area contributed by atoms with Crippen LogP contribution < -0.4 is 4.72 Å². The Kier molecular flexibility index (Phi) is 6.17. The normalized spacial score (nSPS) is 13.8. The number of nitrogens with zero attached hydrogens (tertiary/aromatic N) is 3. The van der Waals surface area contributed by atoms with Gasteiger partial charge in [-0.05, 0) is 76.0 Å². The zero-order valence-electron chi connectivity index (χ0n) is 17.6. The highest BCUT2D eigenvalue weighted by molar-refractivity contribution is 9.10. The molecule has 7 nitrogen and oxygen atoms in total. The first-order valence-corrected chi connectivity index (χ1v) is 13.7. The van der Waals surface area contributed by atoms with Crippen LogP contribution in [-0.4, -0.2) is 34.8 Å². The Bertz CT molecular complexity index is 1500. The maximum absolute atomic E-state index is 13.1. The Morgan fingerprint density at radius 2 is 1.76 bits per heavy atom. The first-order chi connectivity index (χ1) is 16.3. The van der Waals surface area contributed by atoms with Crippen molar-refractivity contribution in [1.82, 2.24) is 19.5 Å². The van der Waals surface area contributed by atoms with E-state index in [0.717, 1.165) is 47.1 Å². The second kappa shape index (κ2) is 9.12. The number of benzene rings is 3. The van der Waals surface area contributed by atoms with E-state index in [4.69, 9.17) is 0 Å². The zero-order valence-corrected chi connectivity index (χ0v) is 20.8. The Morgan fingerprint density at radius 1 is 1.06 bits per heavy atom. The fraction of sp³-hybridized carbons (Fsp3) is 0.174. The fourth-order valence-electron chi connectivity index (χ4n) is 3.78. The first-order valence-electron chi connectivity index (χ1n) is 10.4. The summed E-state index contributed by atoms with van der Waals surface area (Å²) >= 11 is 4.50. The van der Waals surface area contributed by atoms with E-state index < -0.39 is 21.7 Å². The molecule has 5 rings (SSSR count). The summed E-state index contributed by atoms with van der Waals surface area (Å²) < 4.78 is 42.1. The number of amides is 1.